The summed E-state index contributed by atoms with van der Waals surface area (Å²) in [6, 6.07) is 3.59. The van der Waals surface area contributed by atoms with Crippen LogP contribution in [0.2, 0.25) is 5.02 Å². The van der Waals surface area contributed by atoms with Gasteiger partial charge in [-0.1, -0.05) is 11.6 Å². The van der Waals surface area contributed by atoms with E-state index in [4.69, 9.17) is 16.7 Å². The maximum absolute atomic E-state index is 8.63. The molecule has 6 heteroatoms. The Bertz CT molecular complexity index is 471. The molecule has 2 aromatic heterocycles. The van der Waals surface area contributed by atoms with E-state index >= 15 is 0 Å². The molecular weight excluding hydrogens is 228 g/mol. The normalized spacial score (nSPS) is 10.9. The minimum Gasteiger partial charge on any atom is -0.396 e. The molecule has 0 fully saturated rings. The largest absolute Gasteiger partial charge is 0.396 e. The SMILES string of the molecule is OCCCCNc1nc2ccc(Cl)cn2n1. The summed E-state index contributed by atoms with van der Waals surface area (Å²) in [5.74, 6) is 0.584. The number of nitrogens with zero attached hydrogens (tertiary/aromatic N) is 3. The van der Waals surface area contributed by atoms with Gasteiger partial charge in [-0.15, -0.1) is 5.10 Å². The molecule has 16 heavy (non-hydrogen) atoms. The fraction of sp³-hybridized carbons (Fsp3) is 0.400. The molecule has 5 nitrogen and oxygen atoms in total. The van der Waals surface area contributed by atoms with Gasteiger partial charge in [0, 0.05) is 19.3 Å². The first-order valence-corrected chi connectivity index (χ1v) is 5.54. The van der Waals surface area contributed by atoms with E-state index in [1.807, 2.05) is 6.07 Å². The van der Waals surface area contributed by atoms with Gasteiger partial charge in [0.25, 0.3) is 0 Å². The molecule has 0 atom stereocenters. The van der Waals surface area contributed by atoms with Crippen molar-refractivity contribution in [2.24, 2.45) is 0 Å². The van der Waals surface area contributed by atoms with E-state index in [0.717, 1.165) is 25.0 Å². The van der Waals surface area contributed by atoms with Crippen LogP contribution in [-0.4, -0.2) is 32.9 Å². The summed E-state index contributed by atoms with van der Waals surface area (Å²) in [6.45, 7) is 0.973. The highest BCUT2D eigenvalue weighted by atomic mass is 35.5. The maximum Gasteiger partial charge on any atom is 0.243 e. The van der Waals surface area contributed by atoms with Gasteiger partial charge in [0.1, 0.15) is 0 Å². The van der Waals surface area contributed by atoms with E-state index in [1.165, 1.54) is 0 Å². The number of pyridine rings is 1. The van der Waals surface area contributed by atoms with E-state index in [0.29, 0.717) is 11.0 Å². The van der Waals surface area contributed by atoms with Crippen molar-refractivity contribution in [1.82, 2.24) is 14.6 Å². The van der Waals surface area contributed by atoms with Crippen LogP contribution in [0.4, 0.5) is 5.95 Å². The fourth-order valence-corrected chi connectivity index (χ4v) is 1.53. The van der Waals surface area contributed by atoms with Gasteiger partial charge in [-0.05, 0) is 25.0 Å². The predicted octanol–water partition coefficient (Wildman–Crippen LogP) is 1.57. The standard InChI is InChI=1S/C10H13ClN4O/c11-8-3-4-9-13-10(14-15(9)7-8)12-5-1-2-6-16/h3-4,7,16H,1-2,5-6H2,(H,12,14). The van der Waals surface area contributed by atoms with Crippen LogP contribution in [0.15, 0.2) is 18.3 Å². The third-order valence-electron chi connectivity index (χ3n) is 2.16. The third kappa shape index (κ3) is 2.62. The van der Waals surface area contributed by atoms with Crippen LogP contribution >= 0.6 is 11.6 Å². The molecule has 2 aromatic rings. The van der Waals surface area contributed by atoms with E-state index < -0.39 is 0 Å². The van der Waals surface area contributed by atoms with Crippen LogP contribution < -0.4 is 5.32 Å². The van der Waals surface area contributed by atoms with Crippen molar-refractivity contribution in [3.05, 3.63) is 23.4 Å². The summed E-state index contributed by atoms with van der Waals surface area (Å²) in [4.78, 5) is 4.27. The lowest BCUT2D eigenvalue weighted by atomic mass is 10.3. The number of anilines is 1. The Morgan fingerprint density at radius 1 is 1.38 bits per heavy atom. The molecule has 0 saturated carbocycles. The number of rotatable bonds is 5. The molecule has 2 heterocycles. The summed E-state index contributed by atoms with van der Waals surface area (Å²) in [6.07, 6.45) is 3.39. The quantitative estimate of drug-likeness (QED) is 0.779. The van der Waals surface area contributed by atoms with Gasteiger partial charge < -0.3 is 10.4 Å². The van der Waals surface area contributed by atoms with Gasteiger partial charge in [0.2, 0.25) is 5.95 Å². The fourth-order valence-electron chi connectivity index (χ4n) is 1.37. The monoisotopic (exact) mass is 240 g/mol. The molecule has 2 N–H and O–H groups in total. The predicted molar refractivity (Wildman–Crippen MR) is 62.8 cm³/mol. The lowest BCUT2D eigenvalue weighted by Gasteiger charge is -1.98. The Hall–Kier alpha value is -1.33. The lowest BCUT2D eigenvalue weighted by Crippen LogP contribution is -2.03. The van der Waals surface area contributed by atoms with Crippen LogP contribution in [0.3, 0.4) is 0 Å². The highest BCUT2D eigenvalue weighted by Gasteiger charge is 2.02. The molecule has 86 valence electrons. The number of halogens is 1. The number of fused-ring (bicyclic) bond motifs is 1. The minimum atomic E-state index is 0.218. The zero-order valence-corrected chi connectivity index (χ0v) is 9.48. The molecule has 0 bridgehead atoms. The summed E-state index contributed by atoms with van der Waals surface area (Å²) in [7, 11) is 0. The second-order valence-corrected chi connectivity index (χ2v) is 3.88. The van der Waals surface area contributed by atoms with Crippen molar-refractivity contribution in [2.45, 2.75) is 12.8 Å². The van der Waals surface area contributed by atoms with Crippen LogP contribution in [0.25, 0.3) is 5.65 Å². The molecule has 2 rings (SSSR count). The number of hydrogen-bond acceptors (Lipinski definition) is 4. The number of aliphatic hydroxyl groups excluding tert-OH is 1. The molecule has 0 amide bonds. The topological polar surface area (TPSA) is 62.5 Å². The van der Waals surface area contributed by atoms with E-state index in [9.17, 15) is 0 Å². The maximum atomic E-state index is 8.63. The average Bonchev–Trinajstić information content (AvgIpc) is 2.66. The van der Waals surface area contributed by atoms with Crippen molar-refractivity contribution in [3.8, 4) is 0 Å². The number of aliphatic hydroxyl groups is 1. The lowest BCUT2D eigenvalue weighted by molar-refractivity contribution is 0.286. The highest BCUT2D eigenvalue weighted by Crippen LogP contribution is 2.11. The molecule has 0 unspecified atom stereocenters. The Morgan fingerprint density at radius 3 is 3.06 bits per heavy atom. The second kappa shape index (κ2) is 5.14. The van der Waals surface area contributed by atoms with Crippen molar-refractivity contribution in [2.75, 3.05) is 18.5 Å². The van der Waals surface area contributed by atoms with E-state index in [-0.39, 0.29) is 6.61 Å². The van der Waals surface area contributed by atoms with Crippen molar-refractivity contribution < 1.29 is 5.11 Å². The molecule has 0 aliphatic carbocycles. The van der Waals surface area contributed by atoms with Crippen LogP contribution in [0.5, 0.6) is 0 Å². The van der Waals surface area contributed by atoms with Gasteiger partial charge in [-0.25, -0.2) is 4.52 Å². The zero-order chi connectivity index (χ0) is 11.4. The highest BCUT2D eigenvalue weighted by molar-refractivity contribution is 6.30. The average molecular weight is 241 g/mol. The summed E-state index contributed by atoms with van der Waals surface area (Å²) < 4.78 is 1.64. The third-order valence-corrected chi connectivity index (χ3v) is 2.39. The smallest absolute Gasteiger partial charge is 0.243 e. The number of hydrogen-bond donors (Lipinski definition) is 2. The minimum absolute atomic E-state index is 0.218. The van der Waals surface area contributed by atoms with Gasteiger partial charge in [-0.2, -0.15) is 4.98 Å². The van der Waals surface area contributed by atoms with Gasteiger partial charge >= 0.3 is 0 Å². The van der Waals surface area contributed by atoms with Gasteiger partial charge in [0.05, 0.1) is 5.02 Å². The number of unbranched alkanes of at least 4 members (excludes halogenated alkanes) is 1. The van der Waals surface area contributed by atoms with E-state index in [1.54, 1.807) is 16.8 Å². The Morgan fingerprint density at radius 2 is 2.25 bits per heavy atom. The number of nitrogens with one attached hydrogen (secondary N) is 1. The van der Waals surface area contributed by atoms with E-state index in [2.05, 4.69) is 15.4 Å². The Balaban J connectivity index is 2.02. The molecule has 0 spiro atoms. The summed E-state index contributed by atoms with van der Waals surface area (Å²) >= 11 is 5.84. The van der Waals surface area contributed by atoms with Gasteiger partial charge in [0.15, 0.2) is 5.65 Å². The van der Waals surface area contributed by atoms with Crippen molar-refractivity contribution in [3.63, 3.8) is 0 Å². The molecule has 0 aliphatic heterocycles. The zero-order valence-electron chi connectivity index (χ0n) is 8.73. The van der Waals surface area contributed by atoms with Crippen LogP contribution in [0.1, 0.15) is 12.8 Å². The first kappa shape index (κ1) is 11.2. The number of aromatic nitrogens is 3. The first-order chi connectivity index (χ1) is 7.79. The van der Waals surface area contributed by atoms with Crippen molar-refractivity contribution in [1.29, 1.82) is 0 Å². The Kier molecular flexibility index (Phi) is 3.58. The molecule has 0 aromatic carbocycles. The summed E-state index contributed by atoms with van der Waals surface area (Å²) in [5, 5.41) is 16.6. The Labute approximate surface area is 98.1 Å². The van der Waals surface area contributed by atoms with Gasteiger partial charge in [-0.3, -0.25) is 0 Å². The van der Waals surface area contributed by atoms with Crippen LogP contribution in [0, 0.1) is 0 Å². The summed E-state index contributed by atoms with van der Waals surface area (Å²) in [5.41, 5.74) is 0.758. The molecule has 0 aliphatic rings. The molecule has 0 radical (unpaired) electrons. The second-order valence-electron chi connectivity index (χ2n) is 3.44. The first-order valence-electron chi connectivity index (χ1n) is 5.16. The van der Waals surface area contributed by atoms with Crippen molar-refractivity contribution >= 4 is 23.2 Å². The molecule has 0 saturated heterocycles. The molecular formula is C10H13ClN4O. The van der Waals surface area contributed by atoms with Crippen LogP contribution in [-0.2, 0) is 0 Å².